The molecule has 116 valence electrons. The Morgan fingerprint density at radius 1 is 1.29 bits per heavy atom. The predicted octanol–water partition coefficient (Wildman–Crippen LogP) is 1.32. The summed E-state index contributed by atoms with van der Waals surface area (Å²) in [6, 6.07) is 9.44. The SMILES string of the molecule is Cl.O=C(CN1CCC[C@H]1C(=O)O)NCCc1ccccc1. The van der Waals surface area contributed by atoms with Gasteiger partial charge < -0.3 is 10.4 Å². The van der Waals surface area contributed by atoms with E-state index in [0.717, 1.165) is 12.8 Å². The molecule has 0 aromatic heterocycles. The fourth-order valence-corrected chi connectivity index (χ4v) is 2.53. The Labute approximate surface area is 130 Å². The van der Waals surface area contributed by atoms with Crippen LogP contribution in [-0.2, 0) is 16.0 Å². The van der Waals surface area contributed by atoms with E-state index in [-0.39, 0.29) is 24.9 Å². The predicted molar refractivity (Wildman–Crippen MR) is 82.6 cm³/mol. The van der Waals surface area contributed by atoms with Crippen LogP contribution in [0.3, 0.4) is 0 Å². The molecule has 1 heterocycles. The quantitative estimate of drug-likeness (QED) is 0.831. The lowest BCUT2D eigenvalue weighted by Crippen LogP contribution is -2.43. The Hall–Kier alpha value is -1.59. The van der Waals surface area contributed by atoms with Crippen LogP contribution in [0.2, 0.25) is 0 Å². The first-order valence-electron chi connectivity index (χ1n) is 6.94. The third kappa shape index (κ3) is 5.36. The number of carboxylic acids is 1. The maximum Gasteiger partial charge on any atom is 0.320 e. The summed E-state index contributed by atoms with van der Waals surface area (Å²) in [4.78, 5) is 24.6. The number of hydrogen-bond donors (Lipinski definition) is 2. The molecule has 0 saturated carbocycles. The molecule has 21 heavy (non-hydrogen) atoms. The van der Waals surface area contributed by atoms with Crippen LogP contribution in [0.15, 0.2) is 30.3 Å². The van der Waals surface area contributed by atoms with Crippen molar-refractivity contribution in [1.82, 2.24) is 10.2 Å². The van der Waals surface area contributed by atoms with Crippen LogP contribution < -0.4 is 5.32 Å². The van der Waals surface area contributed by atoms with Crippen LogP contribution in [-0.4, -0.2) is 47.6 Å². The van der Waals surface area contributed by atoms with Gasteiger partial charge in [0.05, 0.1) is 6.54 Å². The molecule has 1 saturated heterocycles. The largest absolute Gasteiger partial charge is 0.480 e. The van der Waals surface area contributed by atoms with Gasteiger partial charge in [0.2, 0.25) is 5.91 Å². The third-order valence-corrected chi connectivity index (χ3v) is 3.57. The topological polar surface area (TPSA) is 69.6 Å². The molecule has 0 unspecified atom stereocenters. The van der Waals surface area contributed by atoms with E-state index >= 15 is 0 Å². The van der Waals surface area contributed by atoms with E-state index in [4.69, 9.17) is 5.11 Å². The number of carboxylic acid groups (broad SMARTS) is 1. The van der Waals surface area contributed by atoms with Crippen molar-refractivity contribution in [3.8, 4) is 0 Å². The van der Waals surface area contributed by atoms with E-state index in [1.54, 1.807) is 4.90 Å². The van der Waals surface area contributed by atoms with Gasteiger partial charge in [0, 0.05) is 6.54 Å². The summed E-state index contributed by atoms with van der Waals surface area (Å²) in [6.45, 7) is 1.43. The minimum atomic E-state index is -0.834. The zero-order valence-electron chi connectivity index (χ0n) is 11.8. The Morgan fingerprint density at radius 3 is 2.67 bits per heavy atom. The fourth-order valence-electron chi connectivity index (χ4n) is 2.53. The van der Waals surface area contributed by atoms with Gasteiger partial charge >= 0.3 is 5.97 Å². The van der Waals surface area contributed by atoms with Gasteiger partial charge in [-0.2, -0.15) is 0 Å². The van der Waals surface area contributed by atoms with Gasteiger partial charge in [-0.15, -0.1) is 12.4 Å². The molecule has 0 spiro atoms. The van der Waals surface area contributed by atoms with Crippen molar-refractivity contribution in [1.29, 1.82) is 0 Å². The number of carbonyl (C=O) groups is 2. The molecule has 6 heteroatoms. The first-order valence-corrected chi connectivity index (χ1v) is 6.94. The second-order valence-corrected chi connectivity index (χ2v) is 5.05. The molecule has 1 aromatic carbocycles. The number of hydrogen-bond acceptors (Lipinski definition) is 3. The van der Waals surface area contributed by atoms with Crippen molar-refractivity contribution >= 4 is 24.3 Å². The minimum Gasteiger partial charge on any atom is -0.480 e. The number of halogens is 1. The van der Waals surface area contributed by atoms with Crippen molar-refractivity contribution in [2.45, 2.75) is 25.3 Å². The highest BCUT2D eigenvalue weighted by Crippen LogP contribution is 2.16. The summed E-state index contributed by atoms with van der Waals surface area (Å²) < 4.78 is 0. The number of likely N-dealkylation sites (tertiary alicyclic amines) is 1. The number of benzene rings is 1. The van der Waals surface area contributed by atoms with Gasteiger partial charge in [-0.1, -0.05) is 30.3 Å². The third-order valence-electron chi connectivity index (χ3n) is 3.57. The molecule has 5 nitrogen and oxygen atoms in total. The molecular weight excluding hydrogens is 292 g/mol. The molecule has 1 aliphatic rings. The van der Waals surface area contributed by atoms with Gasteiger partial charge in [-0.25, -0.2) is 0 Å². The monoisotopic (exact) mass is 312 g/mol. The first-order chi connectivity index (χ1) is 9.66. The summed E-state index contributed by atoms with van der Waals surface area (Å²) in [5.74, 6) is -0.936. The van der Waals surface area contributed by atoms with E-state index in [1.807, 2.05) is 30.3 Å². The molecule has 0 radical (unpaired) electrons. The number of amides is 1. The van der Waals surface area contributed by atoms with Crippen molar-refractivity contribution in [3.63, 3.8) is 0 Å². The zero-order valence-corrected chi connectivity index (χ0v) is 12.6. The lowest BCUT2D eigenvalue weighted by Gasteiger charge is -2.20. The summed E-state index contributed by atoms with van der Waals surface area (Å²) in [6.07, 6.45) is 2.26. The van der Waals surface area contributed by atoms with Gasteiger partial charge in [0.1, 0.15) is 6.04 Å². The molecular formula is C15H21ClN2O3. The molecule has 1 aliphatic heterocycles. The average Bonchev–Trinajstić information content (AvgIpc) is 2.88. The Bertz CT molecular complexity index is 467. The van der Waals surface area contributed by atoms with Crippen LogP contribution in [0.4, 0.5) is 0 Å². The number of aliphatic carboxylic acids is 1. The molecule has 1 fully saturated rings. The van der Waals surface area contributed by atoms with Gasteiger partial charge in [0.25, 0.3) is 0 Å². The Balaban J connectivity index is 0.00000220. The maximum atomic E-state index is 11.8. The highest BCUT2D eigenvalue weighted by atomic mass is 35.5. The number of nitrogens with one attached hydrogen (secondary N) is 1. The summed E-state index contributed by atoms with van der Waals surface area (Å²) >= 11 is 0. The smallest absolute Gasteiger partial charge is 0.320 e. The number of carbonyl (C=O) groups excluding carboxylic acids is 1. The van der Waals surface area contributed by atoms with Crippen LogP contribution >= 0.6 is 12.4 Å². The number of nitrogens with zero attached hydrogens (tertiary/aromatic N) is 1. The highest BCUT2D eigenvalue weighted by molar-refractivity contribution is 5.85. The van der Waals surface area contributed by atoms with Crippen LogP contribution in [0.5, 0.6) is 0 Å². The fraction of sp³-hybridized carbons (Fsp3) is 0.467. The summed E-state index contributed by atoms with van der Waals surface area (Å²) in [5, 5.41) is 11.9. The molecule has 2 N–H and O–H groups in total. The molecule has 1 aromatic rings. The Morgan fingerprint density at radius 2 is 2.00 bits per heavy atom. The second kappa shape index (κ2) is 8.64. The highest BCUT2D eigenvalue weighted by Gasteiger charge is 2.31. The van der Waals surface area contributed by atoms with E-state index in [9.17, 15) is 9.59 Å². The molecule has 2 rings (SSSR count). The van der Waals surface area contributed by atoms with Crippen molar-refractivity contribution in [2.75, 3.05) is 19.6 Å². The Kier molecular flexibility index (Phi) is 7.19. The van der Waals surface area contributed by atoms with E-state index in [1.165, 1.54) is 5.56 Å². The molecule has 0 bridgehead atoms. The van der Waals surface area contributed by atoms with Gasteiger partial charge in [-0.05, 0) is 31.4 Å². The second-order valence-electron chi connectivity index (χ2n) is 5.05. The molecule has 0 aliphatic carbocycles. The standard InChI is InChI=1S/C15H20N2O3.ClH/c18-14(11-17-10-4-7-13(17)15(19)20)16-9-8-12-5-2-1-3-6-12;/h1-3,5-6,13H,4,7-11H2,(H,16,18)(H,19,20);1H/t13-;/m0./s1. The van der Waals surface area contributed by atoms with E-state index < -0.39 is 12.0 Å². The van der Waals surface area contributed by atoms with E-state index in [0.29, 0.717) is 19.5 Å². The molecule has 1 atom stereocenters. The summed E-state index contributed by atoms with van der Waals surface area (Å²) in [5.41, 5.74) is 1.18. The zero-order chi connectivity index (χ0) is 14.4. The van der Waals surface area contributed by atoms with Crippen LogP contribution in [0, 0.1) is 0 Å². The molecule has 1 amide bonds. The average molecular weight is 313 g/mol. The van der Waals surface area contributed by atoms with Crippen LogP contribution in [0.1, 0.15) is 18.4 Å². The first kappa shape index (κ1) is 17.5. The normalized spacial score (nSPS) is 18.0. The van der Waals surface area contributed by atoms with Gasteiger partial charge in [0.15, 0.2) is 0 Å². The van der Waals surface area contributed by atoms with Crippen molar-refractivity contribution in [2.24, 2.45) is 0 Å². The van der Waals surface area contributed by atoms with Crippen molar-refractivity contribution < 1.29 is 14.7 Å². The number of rotatable bonds is 6. The lowest BCUT2D eigenvalue weighted by molar-refractivity contribution is -0.142. The van der Waals surface area contributed by atoms with Crippen LogP contribution in [0.25, 0.3) is 0 Å². The summed E-state index contributed by atoms with van der Waals surface area (Å²) in [7, 11) is 0. The van der Waals surface area contributed by atoms with Gasteiger partial charge in [-0.3, -0.25) is 14.5 Å². The maximum absolute atomic E-state index is 11.8. The van der Waals surface area contributed by atoms with Crippen molar-refractivity contribution in [3.05, 3.63) is 35.9 Å². The minimum absolute atomic E-state index is 0. The lowest BCUT2D eigenvalue weighted by atomic mass is 10.1. The van der Waals surface area contributed by atoms with E-state index in [2.05, 4.69) is 5.32 Å².